The van der Waals surface area contributed by atoms with E-state index in [0.29, 0.717) is 0 Å². The summed E-state index contributed by atoms with van der Waals surface area (Å²) in [5, 5.41) is 4.58. The third-order valence-corrected chi connectivity index (χ3v) is 3.22. The van der Waals surface area contributed by atoms with Gasteiger partial charge >= 0.3 is 0 Å². The largest absolute Gasteiger partial charge is 0.241 e. The Morgan fingerprint density at radius 3 is 1.67 bits per heavy atom. The molecule has 0 N–H and O–H groups in total. The first-order valence-corrected chi connectivity index (χ1v) is 5.24. The van der Waals surface area contributed by atoms with Gasteiger partial charge in [0.2, 0.25) is 0 Å². The van der Waals surface area contributed by atoms with Crippen LogP contribution in [-0.2, 0) is 0 Å². The second kappa shape index (κ2) is 4.27. The lowest BCUT2D eigenvalue weighted by Crippen LogP contribution is -2.36. The third-order valence-electron chi connectivity index (χ3n) is 3.22. The molecule has 0 saturated carbocycles. The molecule has 1 rings (SSSR count). The van der Waals surface area contributed by atoms with Gasteiger partial charge < -0.3 is 0 Å². The molecule has 2 atom stereocenters. The Hall–Kier alpha value is -0.0400. The minimum Gasteiger partial charge on any atom is -0.241 e. The topological polar surface area (TPSA) is 14.1 Å². The van der Waals surface area contributed by atoms with E-state index in [2.05, 4.69) is 33.0 Å². The molecule has 0 aromatic carbocycles. The van der Waals surface area contributed by atoms with E-state index in [-0.39, 0.29) is 0 Å². The van der Waals surface area contributed by atoms with Crippen LogP contribution in [0.4, 0.5) is 0 Å². The summed E-state index contributed by atoms with van der Waals surface area (Å²) in [6.45, 7) is 11.5. The highest BCUT2D eigenvalue weighted by atomic mass is 14.9. The Kier molecular flexibility index (Phi) is 3.57. The molecule has 0 amide bonds. The van der Waals surface area contributed by atoms with Crippen molar-refractivity contribution in [1.82, 2.24) is 5.32 Å². The number of piperidine rings is 1. The number of nitrogens with zero attached hydrogens (tertiary/aromatic N) is 1. The van der Waals surface area contributed by atoms with Crippen molar-refractivity contribution in [2.45, 2.75) is 34.1 Å². The highest BCUT2D eigenvalue weighted by Gasteiger charge is 2.26. The fraction of sp³-hybridized carbons (Fsp3) is 1.00. The highest BCUT2D eigenvalue weighted by Crippen LogP contribution is 2.28. The van der Waals surface area contributed by atoms with Crippen LogP contribution >= 0.6 is 0 Å². The molecule has 0 aromatic rings. The molecule has 1 nitrogen and oxygen atoms in total. The van der Waals surface area contributed by atoms with Crippen LogP contribution in [0.5, 0.6) is 0 Å². The summed E-state index contributed by atoms with van der Waals surface area (Å²) in [7, 11) is 0. The summed E-state index contributed by atoms with van der Waals surface area (Å²) in [6.07, 6.45) is 1.40. The summed E-state index contributed by atoms with van der Waals surface area (Å²) in [6, 6.07) is 0. The van der Waals surface area contributed by atoms with E-state index in [1.165, 1.54) is 6.42 Å². The average molecular weight is 168 g/mol. The van der Waals surface area contributed by atoms with E-state index in [4.69, 9.17) is 0 Å². The molecule has 1 fully saturated rings. The van der Waals surface area contributed by atoms with Crippen LogP contribution in [0.15, 0.2) is 0 Å². The molecule has 71 valence electrons. The summed E-state index contributed by atoms with van der Waals surface area (Å²) in [5.74, 6) is 3.34. The minimum absolute atomic E-state index is 0.815. The molecule has 0 spiro atoms. The van der Waals surface area contributed by atoms with Crippen LogP contribution in [0.2, 0.25) is 0 Å². The second-order valence-electron chi connectivity index (χ2n) is 4.83. The Morgan fingerprint density at radius 2 is 1.33 bits per heavy atom. The molecule has 0 aliphatic carbocycles. The van der Waals surface area contributed by atoms with Crippen molar-refractivity contribution in [2.75, 3.05) is 13.1 Å². The third kappa shape index (κ3) is 2.48. The molecular weight excluding hydrogens is 146 g/mol. The van der Waals surface area contributed by atoms with Crippen molar-refractivity contribution in [3.05, 3.63) is 0 Å². The first kappa shape index (κ1) is 10.0. The molecule has 2 unspecified atom stereocenters. The van der Waals surface area contributed by atoms with E-state index in [1.807, 2.05) is 0 Å². The van der Waals surface area contributed by atoms with Crippen LogP contribution in [0.25, 0.3) is 0 Å². The van der Waals surface area contributed by atoms with Crippen molar-refractivity contribution < 1.29 is 0 Å². The van der Waals surface area contributed by atoms with Gasteiger partial charge in [-0.1, -0.05) is 27.7 Å². The Balaban J connectivity index is 2.40. The van der Waals surface area contributed by atoms with Crippen LogP contribution in [0, 0.1) is 23.7 Å². The van der Waals surface area contributed by atoms with E-state index < -0.39 is 0 Å². The molecule has 1 aliphatic heterocycles. The van der Waals surface area contributed by atoms with Gasteiger partial charge in [0.1, 0.15) is 0 Å². The molecule has 0 bridgehead atoms. The van der Waals surface area contributed by atoms with Gasteiger partial charge in [-0.2, -0.15) is 0 Å². The SMILES string of the molecule is CC(C)C1C[N]CC(C(C)C)C1. The lowest BCUT2D eigenvalue weighted by atomic mass is 9.79. The quantitative estimate of drug-likeness (QED) is 0.601. The molecule has 1 radical (unpaired) electrons. The molecule has 12 heavy (non-hydrogen) atoms. The van der Waals surface area contributed by atoms with Crippen molar-refractivity contribution in [1.29, 1.82) is 0 Å². The lowest BCUT2D eigenvalue weighted by molar-refractivity contribution is 0.192. The highest BCUT2D eigenvalue weighted by molar-refractivity contribution is 4.79. The zero-order valence-corrected chi connectivity index (χ0v) is 8.88. The van der Waals surface area contributed by atoms with Crippen LogP contribution < -0.4 is 5.32 Å². The lowest BCUT2D eigenvalue weighted by Gasteiger charge is -2.33. The van der Waals surface area contributed by atoms with Crippen molar-refractivity contribution >= 4 is 0 Å². The van der Waals surface area contributed by atoms with Crippen molar-refractivity contribution in [3.63, 3.8) is 0 Å². The zero-order valence-electron chi connectivity index (χ0n) is 8.88. The van der Waals surface area contributed by atoms with Gasteiger partial charge in [-0.15, -0.1) is 0 Å². The zero-order chi connectivity index (χ0) is 9.14. The maximum absolute atomic E-state index is 4.58. The molecule has 0 aromatic heterocycles. The van der Waals surface area contributed by atoms with Gasteiger partial charge in [0.25, 0.3) is 0 Å². The van der Waals surface area contributed by atoms with E-state index >= 15 is 0 Å². The molecular formula is C11H22N. The molecule has 1 heteroatoms. The van der Waals surface area contributed by atoms with Gasteiger partial charge in [-0.05, 0) is 30.1 Å². The summed E-state index contributed by atoms with van der Waals surface area (Å²) in [5.41, 5.74) is 0. The molecule has 1 saturated heterocycles. The standard InChI is InChI=1S/C11H22N/c1-8(2)10-5-11(9(3)4)7-12-6-10/h8-11H,5-7H2,1-4H3. The number of rotatable bonds is 2. The average Bonchev–Trinajstić information content (AvgIpc) is 2.04. The van der Waals surface area contributed by atoms with Gasteiger partial charge in [0, 0.05) is 13.1 Å². The first-order chi connectivity index (χ1) is 5.61. The number of hydrogen-bond donors (Lipinski definition) is 0. The Bertz CT molecular complexity index is 115. The fourth-order valence-corrected chi connectivity index (χ4v) is 1.91. The fourth-order valence-electron chi connectivity index (χ4n) is 1.91. The molecule has 1 aliphatic rings. The maximum Gasteiger partial charge on any atom is 0.0164 e. The van der Waals surface area contributed by atoms with Crippen LogP contribution in [-0.4, -0.2) is 13.1 Å². The van der Waals surface area contributed by atoms with Crippen molar-refractivity contribution in [2.24, 2.45) is 23.7 Å². The summed E-state index contributed by atoms with van der Waals surface area (Å²) < 4.78 is 0. The smallest absolute Gasteiger partial charge is 0.0164 e. The number of hydrogen-bond acceptors (Lipinski definition) is 0. The van der Waals surface area contributed by atoms with Gasteiger partial charge in [0.05, 0.1) is 0 Å². The monoisotopic (exact) mass is 168 g/mol. The summed E-state index contributed by atoms with van der Waals surface area (Å²) >= 11 is 0. The minimum atomic E-state index is 0.815. The normalized spacial score (nSPS) is 31.5. The van der Waals surface area contributed by atoms with Crippen molar-refractivity contribution in [3.8, 4) is 0 Å². The molecule has 1 heterocycles. The van der Waals surface area contributed by atoms with E-state index in [1.54, 1.807) is 0 Å². The van der Waals surface area contributed by atoms with Gasteiger partial charge in [-0.25, -0.2) is 5.32 Å². The van der Waals surface area contributed by atoms with Gasteiger partial charge in [-0.3, -0.25) is 0 Å². The second-order valence-corrected chi connectivity index (χ2v) is 4.83. The van der Waals surface area contributed by atoms with Crippen LogP contribution in [0.3, 0.4) is 0 Å². The van der Waals surface area contributed by atoms with E-state index in [0.717, 1.165) is 36.8 Å². The predicted octanol–water partition coefficient (Wildman–Crippen LogP) is 2.54. The van der Waals surface area contributed by atoms with Gasteiger partial charge in [0.15, 0.2) is 0 Å². The first-order valence-electron chi connectivity index (χ1n) is 5.24. The maximum atomic E-state index is 4.58. The van der Waals surface area contributed by atoms with Crippen LogP contribution in [0.1, 0.15) is 34.1 Å². The predicted molar refractivity (Wildman–Crippen MR) is 53.1 cm³/mol. The van der Waals surface area contributed by atoms with E-state index in [9.17, 15) is 0 Å². The Morgan fingerprint density at radius 1 is 0.917 bits per heavy atom. The summed E-state index contributed by atoms with van der Waals surface area (Å²) in [4.78, 5) is 0. The Labute approximate surface area is 76.9 Å².